The number of benzene rings is 1. The van der Waals surface area contributed by atoms with Crippen molar-refractivity contribution in [2.75, 3.05) is 0 Å². The van der Waals surface area contributed by atoms with Crippen LogP contribution in [0.15, 0.2) is 30.3 Å². The molecule has 0 fully saturated rings. The lowest BCUT2D eigenvalue weighted by Crippen LogP contribution is -1.97. The first-order valence-corrected chi connectivity index (χ1v) is 6.38. The number of hydrogen-bond donors (Lipinski definition) is 0. The molecular weight excluding hydrogens is 295 g/mol. The van der Waals surface area contributed by atoms with Crippen LogP contribution in [0, 0.1) is 10.1 Å². The number of nitrogens with zero attached hydrogens (tertiary/aromatic N) is 2. The number of aromatic nitrogens is 1. The quantitative estimate of drug-likeness (QED) is 0.630. The van der Waals surface area contributed by atoms with Crippen LogP contribution in [0.2, 0.25) is 9.62 Å². The van der Waals surface area contributed by atoms with E-state index in [2.05, 4.69) is 4.98 Å². The van der Waals surface area contributed by atoms with Gasteiger partial charge in [0.15, 0.2) is 4.47 Å². The molecule has 7 heteroatoms. The monoisotopic (exact) mass is 300 g/mol. The minimum Gasteiger partial charge on any atom is -0.258 e. The van der Waals surface area contributed by atoms with E-state index >= 15 is 0 Å². The van der Waals surface area contributed by atoms with E-state index in [1.54, 1.807) is 30.3 Å². The summed E-state index contributed by atoms with van der Waals surface area (Å²) in [5.74, 6) is 0. The third-order valence-electron chi connectivity index (χ3n) is 2.12. The number of halogens is 2. The highest BCUT2D eigenvalue weighted by Gasteiger charge is 2.16. The van der Waals surface area contributed by atoms with Gasteiger partial charge in [-0.2, -0.15) is 0 Å². The average molecular weight is 301 g/mol. The van der Waals surface area contributed by atoms with Crippen molar-refractivity contribution in [3.05, 3.63) is 60.5 Å². The van der Waals surface area contributed by atoms with Crippen LogP contribution < -0.4 is 0 Å². The van der Waals surface area contributed by atoms with Gasteiger partial charge in [-0.1, -0.05) is 41.4 Å². The van der Waals surface area contributed by atoms with Crippen molar-refractivity contribution >= 4 is 46.3 Å². The molecule has 0 aliphatic heterocycles. The van der Waals surface area contributed by atoms with E-state index in [-0.39, 0.29) is 15.3 Å². The molecule has 0 N–H and O–H groups in total. The highest BCUT2D eigenvalue weighted by atomic mass is 35.5. The molecule has 1 heterocycles. The molecule has 0 bridgehead atoms. The van der Waals surface area contributed by atoms with Crippen LogP contribution in [-0.4, -0.2) is 9.91 Å². The molecule has 0 saturated heterocycles. The fraction of sp³-hybridized carbons (Fsp3) is 0. The highest BCUT2D eigenvalue weighted by molar-refractivity contribution is 7.17. The van der Waals surface area contributed by atoms with Gasteiger partial charge in [-0.3, -0.25) is 10.1 Å². The molecule has 0 spiro atoms. The summed E-state index contributed by atoms with van der Waals surface area (Å²) < 4.78 is 0.252. The fourth-order valence-electron chi connectivity index (χ4n) is 1.35. The topological polar surface area (TPSA) is 56.0 Å². The largest absolute Gasteiger partial charge is 0.278 e. The molecule has 0 amide bonds. The number of nitro groups is 1. The van der Waals surface area contributed by atoms with Crippen molar-refractivity contribution < 1.29 is 4.92 Å². The third kappa shape index (κ3) is 2.87. The summed E-state index contributed by atoms with van der Waals surface area (Å²) in [6.45, 7) is 0. The molecule has 0 aliphatic carbocycles. The zero-order valence-corrected chi connectivity index (χ0v) is 11.2. The molecule has 2 rings (SSSR count). The van der Waals surface area contributed by atoms with Gasteiger partial charge in [0.05, 0.1) is 15.4 Å². The molecule has 4 nitrogen and oxygen atoms in total. The summed E-state index contributed by atoms with van der Waals surface area (Å²) in [4.78, 5) is 14.9. The minimum atomic E-state index is -0.459. The lowest BCUT2D eigenvalue weighted by molar-refractivity contribution is -0.374. The van der Waals surface area contributed by atoms with Crippen molar-refractivity contribution in [3.63, 3.8) is 0 Å². The molecule has 0 unspecified atom stereocenters. The molecule has 1 aromatic heterocycles. The van der Waals surface area contributed by atoms with Crippen LogP contribution in [0.4, 0.5) is 0 Å². The molecule has 2 aromatic rings. The Morgan fingerprint density at radius 2 is 2.00 bits per heavy atom. The second kappa shape index (κ2) is 5.48. The van der Waals surface area contributed by atoms with Gasteiger partial charge >= 0.3 is 0 Å². The van der Waals surface area contributed by atoms with Crippen LogP contribution in [0.25, 0.3) is 11.8 Å². The smallest absolute Gasteiger partial charge is 0.258 e. The van der Waals surface area contributed by atoms with Crippen molar-refractivity contribution in [2.45, 2.75) is 0 Å². The number of rotatable bonds is 3. The Balaban J connectivity index is 2.49. The van der Waals surface area contributed by atoms with E-state index < -0.39 is 4.92 Å². The van der Waals surface area contributed by atoms with Gasteiger partial charge in [0.25, 0.3) is 5.70 Å². The van der Waals surface area contributed by atoms with Crippen molar-refractivity contribution in [2.24, 2.45) is 0 Å². The van der Waals surface area contributed by atoms with Gasteiger partial charge in [0, 0.05) is 6.08 Å². The standard InChI is InChI=1S/C11H6Cl2N2O2S/c12-10-9(18-11(13)14-10)6-8(15(16)17)7-4-2-1-3-5-7/h1-6H. The van der Waals surface area contributed by atoms with E-state index in [9.17, 15) is 10.1 Å². The molecule has 1 aromatic carbocycles. The molecule has 0 aliphatic rings. The van der Waals surface area contributed by atoms with E-state index in [0.29, 0.717) is 10.4 Å². The SMILES string of the molecule is O=[N+]([O-])C(=Cc1sc(Cl)nc1Cl)c1ccccc1. The van der Waals surface area contributed by atoms with Crippen molar-refractivity contribution in [1.82, 2.24) is 4.98 Å². The maximum atomic E-state index is 11.1. The van der Waals surface area contributed by atoms with Crippen molar-refractivity contribution in [1.29, 1.82) is 0 Å². The molecular formula is C11H6Cl2N2O2S. The fourth-order valence-corrected chi connectivity index (χ4v) is 2.65. The Morgan fingerprint density at radius 1 is 1.33 bits per heavy atom. The van der Waals surface area contributed by atoms with Gasteiger partial charge in [0.2, 0.25) is 0 Å². The molecule has 0 atom stereocenters. The van der Waals surface area contributed by atoms with Crippen molar-refractivity contribution in [3.8, 4) is 0 Å². The first-order valence-electron chi connectivity index (χ1n) is 4.81. The van der Waals surface area contributed by atoms with Crippen LogP contribution in [0.5, 0.6) is 0 Å². The minimum absolute atomic E-state index is 0.0437. The van der Waals surface area contributed by atoms with E-state index in [0.717, 1.165) is 11.3 Å². The van der Waals surface area contributed by atoms with Gasteiger partial charge < -0.3 is 0 Å². The second-order valence-electron chi connectivity index (χ2n) is 3.27. The zero-order valence-electron chi connectivity index (χ0n) is 8.84. The predicted octanol–water partition coefficient (Wildman–Crippen LogP) is 4.22. The summed E-state index contributed by atoms with van der Waals surface area (Å²) >= 11 is 12.6. The molecule has 0 saturated carbocycles. The van der Waals surface area contributed by atoms with Crippen LogP contribution in [0.1, 0.15) is 10.4 Å². The zero-order chi connectivity index (χ0) is 13.1. The van der Waals surface area contributed by atoms with Gasteiger partial charge in [-0.15, -0.1) is 11.3 Å². The lowest BCUT2D eigenvalue weighted by Gasteiger charge is -1.97. The third-order valence-corrected chi connectivity index (χ3v) is 3.62. The maximum absolute atomic E-state index is 11.1. The Kier molecular flexibility index (Phi) is 3.96. The maximum Gasteiger partial charge on any atom is 0.278 e. The summed E-state index contributed by atoms with van der Waals surface area (Å²) in [6.07, 6.45) is 1.38. The number of hydrogen-bond acceptors (Lipinski definition) is 4. The summed E-state index contributed by atoms with van der Waals surface area (Å²) in [6, 6.07) is 8.57. The Hall–Kier alpha value is -1.43. The second-order valence-corrected chi connectivity index (χ2v) is 5.25. The molecule has 18 heavy (non-hydrogen) atoms. The normalized spacial score (nSPS) is 11.6. The van der Waals surface area contributed by atoms with E-state index in [1.165, 1.54) is 6.08 Å². The molecule has 0 radical (unpaired) electrons. The van der Waals surface area contributed by atoms with Gasteiger partial charge in [0.1, 0.15) is 5.15 Å². The van der Waals surface area contributed by atoms with Gasteiger partial charge in [-0.25, -0.2) is 4.98 Å². The van der Waals surface area contributed by atoms with Crippen LogP contribution in [0.3, 0.4) is 0 Å². The summed E-state index contributed by atoms with van der Waals surface area (Å²) in [5.41, 5.74) is 0.459. The summed E-state index contributed by atoms with van der Waals surface area (Å²) in [5, 5.41) is 11.2. The lowest BCUT2D eigenvalue weighted by atomic mass is 10.1. The first-order chi connectivity index (χ1) is 8.58. The Bertz CT molecular complexity index is 611. The van der Waals surface area contributed by atoms with Gasteiger partial charge in [-0.05, 0) is 12.1 Å². The van der Waals surface area contributed by atoms with E-state index in [4.69, 9.17) is 23.2 Å². The van der Waals surface area contributed by atoms with E-state index in [1.807, 2.05) is 0 Å². The molecule has 92 valence electrons. The average Bonchev–Trinajstić information content (AvgIpc) is 2.65. The highest BCUT2D eigenvalue weighted by Crippen LogP contribution is 2.30. The van der Waals surface area contributed by atoms with Crippen LogP contribution in [-0.2, 0) is 0 Å². The number of thiazole rings is 1. The van der Waals surface area contributed by atoms with Crippen LogP contribution >= 0.6 is 34.5 Å². The first kappa shape index (κ1) is 13.0. The summed E-state index contributed by atoms with van der Waals surface area (Å²) in [7, 11) is 0. The predicted molar refractivity (Wildman–Crippen MR) is 73.4 cm³/mol. The Labute approximate surface area is 117 Å². The Morgan fingerprint density at radius 3 is 2.50 bits per heavy atom.